The van der Waals surface area contributed by atoms with Crippen LogP contribution in [0.15, 0.2) is 33.9 Å². The molecule has 2 aromatic rings. The quantitative estimate of drug-likeness (QED) is 0.667. The molecule has 0 spiro atoms. The topological polar surface area (TPSA) is 107 Å². The predicted octanol–water partition coefficient (Wildman–Crippen LogP) is 4.18. The number of carbonyl (C=O) groups is 1. The van der Waals surface area contributed by atoms with Crippen LogP contribution in [0.1, 0.15) is 66.4 Å². The van der Waals surface area contributed by atoms with Crippen LogP contribution in [0, 0.1) is 17.3 Å². The van der Waals surface area contributed by atoms with Gasteiger partial charge in [0, 0.05) is 10.8 Å². The first-order valence-corrected chi connectivity index (χ1v) is 13.2. The molecule has 0 amide bonds. The number of esters is 1. The van der Waals surface area contributed by atoms with E-state index in [1.807, 2.05) is 6.07 Å². The lowest BCUT2D eigenvalue weighted by Crippen LogP contribution is -2.45. The molecule has 0 radical (unpaired) electrons. The molecule has 5 atom stereocenters. The smallest absolute Gasteiger partial charge is 0.339 e. The van der Waals surface area contributed by atoms with E-state index in [1.54, 1.807) is 6.07 Å². The zero-order chi connectivity index (χ0) is 22.0. The predicted molar refractivity (Wildman–Crippen MR) is 118 cm³/mol. The van der Waals surface area contributed by atoms with Gasteiger partial charge in [0.15, 0.2) is 0 Å². The first-order valence-electron chi connectivity index (χ1n) is 10.8. The van der Waals surface area contributed by atoms with Crippen molar-refractivity contribution in [1.29, 1.82) is 0 Å². The van der Waals surface area contributed by atoms with Gasteiger partial charge in [-0.05, 0) is 85.6 Å². The van der Waals surface area contributed by atoms with E-state index in [-0.39, 0.29) is 21.3 Å². The summed E-state index contributed by atoms with van der Waals surface area (Å²) in [7, 11) is -3.82. The molecule has 0 saturated heterocycles. The maximum Gasteiger partial charge on any atom is 0.339 e. The summed E-state index contributed by atoms with van der Waals surface area (Å²) in [5.74, 6) is 1.43. The summed E-state index contributed by atoms with van der Waals surface area (Å²) in [6.07, 6.45) is 5.84. The number of hydrogen-bond acceptors (Lipinski definition) is 6. The molecular weight excluding hydrogens is 434 g/mol. The van der Waals surface area contributed by atoms with Crippen LogP contribution < -0.4 is 5.14 Å². The number of aryl methyl sites for hydroxylation is 1. The Bertz CT molecular complexity index is 1140. The van der Waals surface area contributed by atoms with Crippen molar-refractivity contribution in [2.75, 3.05) is 0 Å². The maximum absolute atomic E-state index is 12.8. The van der Waals surface area contributed by atoms with E-state index in [1.165, 1.54) is 22.6 Å². The van der Waals surface area contributed by atoms with E-state index in [9.17, 15) is 18.3 Å². The number of aromatic hydroxyl groups is 1. The van der Waals surface area contributed by atoms with E-state index in [2.05, 4.69) is 13.0 Å². The minimum atomic E-state index is -3.82. The average molecular weight is 462 g/mol. The minimum absolute atomic E-state index is 0.0256. The molecule has 1 aromatic heterocycles. The maximum atomic E-state index is 12.8. The summed E-state index contributed by atoms with van der Waals surface area (Å²) in [6, 6.07) is 7.11. The third-order valence-electron chi connectivity index (χ3n) is 7.96. The highest BCUT2D eigenvalue weighted by molar-refractivity contribution is 7.91. The van der Waals surface area contributed by atoms with Gasteiger partial charge in [-0.2, -0.15) is 0 Å². The van der Waals surface area contributed by atoms with Crippen LogP contribution in [0.2, 0.25) is 0 Å². The highest BCUT2D eigenvalue weighted by Crippen LogP contribution is 2.61. The van der Waals surface area contributed by atoms with Crippen LogP contribution in [0.25, 0.3) is 0 Å². The Morgan fingerprint density at radius 2 is 2.03 bits per heavy atom. The molecule has 166 valence electrons. The van der Waals surface area contributed by atoms with E-state index < -0.39 is 16.0 Å². The van der Waals surface area contributed by atoms with Crippen molar-refractivity contribution < 1.29 is 23.1 Å². The number of ether oxygens (including phenoxy) is 1. The Hall–Kier alpha value is -1.90. The van der Waals surface area contributed by atoms with Crippen LogP contribution in [0.3, 0.4) is 0 Å². The molecule has 3 unspecified atom stereocenters. The molecule has 2 fully saturated rings. The SMILES string of the molecule is C[C@]12CCC3c4ccc(O)cc4CCC3C1CC[C@@H]2OC(=O)c1csc(S(N)(=O)=O)c1. The fourth-order valence-electron chi connectivity index (χ4n) is 6.48. The number of carbonyl (C=O) groups excluding carboxylic acids is 1. The number of hydrogen-bond donors (Lipinski definition) is 2. The molecule has 0 bridgehead atoms. The highest BCUT2D eigenvalue weighted by atomic mass is 32.2. The number of fused-ring (bicyclic) bond motifs is 5. The van der Waals surface area contributed by atoms with Gasteiger partial charge in [0.05, 0.1) is 5.56 Å². The van der Waals surface area contributed by atoms with E-state index in [0.717, 1.165) is 49.9 Å². The lowest BCUT2D eigenvalue weighted by atomic mass is 9.55. The number of nitrogens with two attached hydrogens (primary N) is 1. The van der Waals surface area contributed by atoms with Gasteiger partial charge in [-0.1, -0.05) is 13.0 Å². The Morgan fingerprint density at radius 1 is 1.23 bits per heavy atom. The van der Waals surface area contributed by atoms with Crippen molar-refractivity contribution in [2.45, 2.75) is 61.7 Å². The summed E-state index contributed by atoms with van der Waals surface area (Å²) in [5, 5.41) is 16.5. The fourth-order valence-corrected chi connectivity index (χ4v) is 8.06. The Morgan fingerprint density at radius 3 is 2.77 bits per heavy atom. The van der Waals surface area contributed by atoms with Gasteiger partial charge >= 0.3 is 5.97 Å². The molecule has 8 heteroatoms. The normalized spacial score (nSPS) is 32.1. The number of rotatable bonds is 3. The van der Waals surface area contributed by atoms with Gasteiger partial charge in [0.2, 0.25) is 10.0 Å². The fraction of sp³-hybridized carbons (Fsp3) is 0.522. The summed E-state index contributed by atoms with van der Waals surface area (Å²) < 4.78 is 29.0. The molecule has 6 nitrogen and oxygen atoms in total. The van der Waals surface area contributed by atoms with Gasteiger partial charge < -0.3 is 9.84 Å². The van der Waals surface area contributed by atoms with Gasteiger partial charge in [0.1, 0.15) is 16.1 Å². The van der Waals surface area contributed by atoms with Gasteiger partial charge in [-0.3, -0.25) is 0 Å². The van der Waals surface area contributed by atoms with E-state index in [0.29, 0.717) is 23.5 Å². The van der Waals surface area contributed by atoms with Crippen molar-refractivity contribution in [2.24, 2.45) is 22.4 Å². The molecule has 5 rings (SSSR count). The summed E-state index contributed by atoms with van der Waals surface area (Å²) in [4.78, 5) is 12.8. The summed E-state index contributed by atoms with van der Waals surface area (Å²) >= 11 is 0.942. The van der Waals surface area contributed by atoms with E-state index >= 15 is 0 Å². The van der Waals surface area contributed by atoms with Crippen molar-refractivity contribution in [3.8, 4) is 5.75 Å². The standard InChI is InChI=1S/C23H27NO5S2/c1-23-9-8-17-16-5-3-15(25)10-13(16)2-4-18(17)19(23)6-7-20(23)29-22(26)14-11-21(30-12-14)31(24,27)28/h3,5,10-12,17-20,25H,2,4,6-9H2,1H3,(H2,24,27,28)/t17?,18?,19?,20-,23-/m0/s1. The molecule has 3 aliphatic rings. The molecular formula is C23H27NO5S2. The number of benzene rings is 1. The highest BCUT2D eigenvalue weighted by Gasteiger charge is 2.56. The Kier molecular flexibility index (Phi) is 4.95. The second-order valence-electron chi connectivity index (χ2n) is 9.51. The Balaban J connectivity index is 1.34. The Labute approximate surface area is 186 Å². The lowest BCUT2D eigenvalue weighted by Gasteiger charge is -2.50. The molecule has 2 saturated carbocycles. The first-order chi connectivity index (χ1) is 14.7. The van der Waals surface area contributed by atoms with Crippen LogP contribution in [-0.4, -0.2) is 25.6 Å². The number of thiophene rings is 1. The van der Waals surface area contributed by atoms with Crippen LogP contribution >= 0.6 is 11.3 Å². The molecule has 0 aliphatic heterocycles. The van der Waals surface area contributed by atoms with Crippen LogP contribution in [-0.2, 0) is 21.2 Å². The van der Waals surface area contributed by atoms with E-state index in [4.69, 9.17) is 9.88 Å². The second-order valence-corrected chi connectivity index (χ2v) is 12.2. The molecule has 31 heavy (non-hydrogen) atoms. The minimum Gasteiger partial charge on any atom is -0.508 e. The zero-order valence-corrected chi connectivity index (χ0v) is 19.0. The number of phenolic OH excluding ortho intramolecular Hbond substituents is 1. The summed E-state index contributed by atoms with van der Waals surface area (Å²) in [5.41, 5.74) is 2.84. The number of phenols is 1. The first kappa shape index (κ1) is 21.0. The number of primary sulfonamides is 1. The third kappa shape index (κ3) is 3.49. The summed E-state index contributed by atoms with van der Waals surface area (Å²) in [6.45, 7) is 2.26. The largest absolute Gasteiger partial charge is 0.508 e. The van der Waals surface area contributed by atoms with Crippen molar-refractivity contribution in [1.82, 2.24) is 0 Å². The van der Waals surface area contributed by atoms with Crippen molar-refractivity contribution in [3.63, 3.8) is 0 Å². The molecule has 1 aromatic carbocycles. The second kappa shape index (κ2) is 7.32. The zero-order valence-electron chi connectivity index (χ0n) is 17.4. The van der Waals surface area contributed by atoms with Crippen molar-refractivity contribution in [3.05, 3.63) is 46.3 Å². The molecule has 3 N–H and O–H groups in total. The molecule has 3 aliphatic carbocycles. The van der Waals surface area contributed by atoms with Gasteiger partial charge in [-0.15, -0.1) is 11.3 Å². The lowest BCUT2D eigenvalue weighted by molar-refractivity contribution is -0.0427. The van der Waals surface area contributed by atoms with Crippen LogP contribution in [0.5, 0.6) is 5.75 Å². The average Bonchev–Trinajstić information content (AvgIpc) is 3.33. The van der Waals surface area contributed by atoms with Crippen molar-refractivity contribution >= 4 is 27.3 Å². The van der Waals surface area contributed by atoms with Crippen LogP contribution in [0.4, 0.5) is 0 Å². The monoisotopic (exact) mass is 461 g/mol. The molecule has 1 heterocycles. The number of sulfonamides is 1. The van der Waals surface area contributed by atoms with Gasteiger partial charge in [0.25, 0.3) is 0 Å². The third-order valence-corrected chi connectivity index (χ3v) is 10.4. The van der Waals surface area contributed by atoms with Gasteiger partial charge in [-0.25, -0.2) is 18.4 Å².